The van der Waals surface area contributed by atoms with Crippen LogP contribution < -0.4 is 5.73 Å². The molecule has 1 fully saturated rings. The van der Waals surface area contributed by atoms with Gasteiger partial charge in [0.2, 0.25) is 0 Å². The Bertz CT molecular complexity index is 573. The van der Waals surface area contributed by atoms with Gasteiger partial charge in [-0.25, -0.2) is 0 Å². The first-order valence-corrected chi connectivity index (χ1v) is 7.03. The minimum absolute atomic E-state index is 0.297. The predicted molar refractivity (Wildman–Crippen MR) is 77.7 cm³/mol. The number of likely N-dealkylation sites (tertiary alicyclic amines) is 1. The van der Waals surface area contributed by atoms with Gasteiger partial charge in [0.05, 0.1) is 11.2 Å². The third kappa shape index (κ3) is 2.38. The molecule has 4 heteroatoms. The van der Waals surface area contributed by atoms with Gasteiger partial charge in [-0.15, -0.1) is 0 Å². The van der Waals surface area contributed by atoms with Gasteiger partial charge in [0.15, 0.2) is 0 Å². The Morgan fingerprint density at radius 1 is 1.42 bits per heavy atom. The number of fused-ring (bicyclic) bond motifs is 1. The summed E-state index contributed by atoms with van der Waals surface area (Å²) >= 11 is 0. The van der Waals surface area contributed by atoms with Crippen molar-refractivity contribution in [3.8, 4) is 0 Å². The molecule has 1 aromatic heterocycles. The maximum atomic E-state index is 6.00. The van der Waals surface area contributed by atoms with Gasteiger partial charge in [0, 0.05) is 31.6 Å². The van der Waals surface area contributed by atoms with Crippen LogP contribution in [0.2, 0.25) is 0 Å². The van der Waals surface area contributed by atoms with Gasteiger partial charge in [0.1, 0.15) is 0 Å². The largest absolute Gasteiger partial charge is 0.328 e. The number of benzene rings is 1. The van der Waals surface area contributed by atoms with E-state index in [0.29, 0.717) is 12.0 Å². The van der Waals surface area contributed by atoms with Crippen LogP contribution in [-0.2, 0) is 13.6 Å². The van der Waals surface area contributed by atoms with Gasteiger partial charge < -0.3 is 5.73 Å². The van der Waals surface area contributed by atoms with Crippen LogP contribution in [-0.4, -0.2) is 33.8 Å². The molecule has 2 heterocycles. The van der Waals surface area contributed by atoms with E-state index in [1.807, 2.05) is 11.7 Å². The highest BCUT2D eigenvalue weighted by Crippen LogP contribution is 2.23. The van der Waals surface area contributed by atoms with Crippen LogP contribution in [0, 0.1) is 5.92 Å². The zero-order chi connectivity index (χ0) is 13.4. The Balaban J connectivity index is 1.79. The molecule has 0 bridgehead atoms. The zero-order valence-corrected chi connectivity index (χ0v) is 11.7. The summed E-state index contributed by atoms with van der Waals surface area (Å²) in [5.41, 5.74) is 8.39. The molecule has 0 aliphatic carbocycles. The average molecular weight is 258 g/mol. The monoisotopic (exact) mass is 258 g/mol. The second kappa shape index (κ2) is 4.94. The lowest BCUT2D eigenvalue weighted by molar-refractivity contribution is 0.305. The van der Waals surface area contributed by atoms with Crippen molar-refractivity contribution < 1.29 is 0 Å². The van der Waals surface area contributed by atoms with Gasteiger partial charge in [-0.05, 0) is 31.9 Å². The van der Waals surface area contributed by atoms with E-state index in [0.717, 1.165) is 19.6 Å². The number of aromatic nitrogens is 2. The molecule has 2 aromatic rings. The smallest absolute Gasteiger partial charge is 0.0843 e. The summed E-state index contributed by atoms with van der Waals surface area (Å²) < 4.78 is 1.98. The zero-order valence-electron chi connectivity index (χ0n) is 11.7. The van der Waals surface area contributed by atoms with Crippen LogP contribution >= 0.6 is 0 Å². The molecule has 1 aliphatic rings. The van der Waals surface area contributed by atoms with E-state index in [9.17, 15) is 0 Å². The van der Waals surface area contributed by atoms with E-state index in [1.54, 1.807) is 0 Å². The lowest BCUT2D eigenvalue weighted by atomic mass is 10.0. The summed E-state index contributed by atoms with van der Waals surface area (Å²) in [7, 11) is 2.01. The molecule has 0 spiro atoms. The topological polar surface area (TPSA) is 47.1 Å². The van der Waals surface area contributed by atoms with Gasteiger partial charge in [-0.1, -0.05) is 18.2 Å². The minimum Gasteiger partial charge on any atom is -0.328 e. The maximum absolute atomic E-state index is 6.00. The van der Waals surface area contributed by atoms with E-state index < -0.39 is 0 Å². The lowest BCUT2D eigenvalue weighted by Crippen LogP contribution is -2.29. The van der Waals surface area contributed by atoms with Gasteiger partial charge in [0.25, 0.3) is 0 Å². The average Bonchev–Trinajstić information content (AvgIpc) is 2.97. The second-order valence-corrected chi connectivity index (χ2v) is 5.73. The van der Waals surface area contributed by atoms with E-state index in [-0.39, 0.29) is 0 Å². The van der Waals surface area contributed by atoms with E-state index in [1.165, 1.54) is 23.0 Å². The molecule has 3 rings (SSSR count). The molecule has 1 saturated heterocycles. The first-order chi connectivity index (χ1) is 9.15. The van der Waals surface area contributed by atoms with Crippen molar-refractivity contribution in [2.45, 2.75) is 25.9 Å². The molecule has 0 saturated carbocycles. The molecule has 4 nitrogen and oxygen atoms in total. The third-order valence-electron chi connectivity index (χ3n) is 4.26. The highest BCUT2D eigenvalue weighted by molar-refractivity contribution is 5.81. The van der Waals surface area contributed by atoms with Crippen LogP contribution in [0.25, 0.3) is 10.9 Å². The van der Waals surface area contributed by atoms with E-state index in [2.05, 4.69) is 41.2 Å². The highest BCUT2D eigenvalue weighted by Gasteiger charge is 2.26. The fraction of sp³-hybridized carbons (Fsp3) is 0.533. The molecule has 102 valence electrons. The van der Waals surface area contributed by atoms with E-state index >= 15 is 0 Å². The summed E-state index contributed by atoms with van der Waals surface area (Å²) in [6, 6.07) is 8.74. The molecule has 2 atom stereocenters. The third-order valence-corrected chi connectivity index (χ3v) is 4.26. The second-order valence-electron chi connectivity index (χ2n) is 5.73. The Labute approximate surface area is 114 Å². The summed E-state index contributed by atoms with van der Waals surface area (Å²) in [5.74, 6) is 0.634. The molecule has 2 N–H and O–H groups in total. The lowest BCUT2D eigenvalue weighted by Gasteiger charge is -2.16. The minimum atomic E-state index is 0.297. The van der Waals surface area contributed by atoms with Crippen molar-refractivity contribution in [3.63, 3.8) is 0 Å². The Morgan fingerprint density at radius 2 is 2.21 bits per heavy atom. The standard InChI is InChI=1S/C15H22N4/c1-11(16)12-7-8-19(9-12)10-14-13-5-3-4-6-15(13)18(2)17-14/h3-6,11-12H,7-10,16H2,1-2H3. The first kappa shape index (κ1) is 12.6. The molecular weight excluding hydrogens is 236 g/mol. The number of para-hydroxylation sites is 1. The number of nitrogens with two attached hydrogens (primary N) is 1. The van der Waals surface area contributed by atoms with Gasteiger partial charge in [-0.2, -0.15) is 5.10 Å². The van der Waals surface area contributed by atoms with Crippen molar-refractivity contribution in [2.75, 3.05) is 13.1 Å². The molecule has 0 amide bonds. The van der Waals surface area contributed by atoms with E-state index in [4.69, 9.17) is 5.73 Å². The fourth-order valence-electron chi connectivity index (χ4n) is 3.05. The SMILES string of the molecule is CC(N)C1CCN(Cc2nn(C)c3ccccc23)C1. The van der Waals surface area contributed by atoms with Crippen molar-refractivity contribution >= 4 is 10.9 Å². The van der Waals surface area contributed by atoms with Gasteiger partial charge in [-0.3, -0.25) is 9.58 Å². The number of rotatable bonds is 3. The summed E-state index contributed by atoms with van der Waals surface area (Å²) in [4.78, 5) is 2.48. The van der Waals surface area contributed by atoms with Crippen molar-refractivity contribution in [2.24, 2.45) is 18.7 Å². The van der Waals surface area contributed by atoms with Crippen LogP contribution in [0.1, 0.15) is 19.0 Å². The Kier molecular flexibility index (Phi) is 3.29. The van der Waals surface area contributed by atoms with Crippen LogP contribution in [0.4, 0.5) is 0 Å². The Hall–Kier alpha value is -1.39. The molecule has 1 aliphatic heterocycles. The van der Waals surface area contributed by atoms with Crippen molar-refractivity contribution in [3.05, 3.63) is 30.0 Å². The van der Waals surface area contributed by atoms with Gasteiger partial charge >= 0.3 is 0 Å². The van der Waals surface area contributed by atoms with Crippen LogP contribution in [0.15, 0.2) is 24.3 Å². The summed E-state index contributed by atoms with van der Waals surface area (Å²) in [6.07, 6.45) is 1.21. The number of hydrogen-bond acceptors (Lipinski definition) is 3. The molecule has 0 radical (unpaired) electrons. The quantitative estimate of drug-likeness (QED) is 0.912. The summed E-state index contributed by atoms with van der Waals surface area (Å²) in [5, 5.41) is 5.94. The predicted octanol–water partition coefficient (Wildman–Crippen LogP) is 1.74. The maximum Gasteiger partial charge on any atom is 0.0843 e. The molecule has 2 unspecified atom stereocenters. The highest BCUT2D eigenvalue weighted by atomic mass is 15.3. The van der Waals surface area contributed by atoms with Crippen molar-refractivity contribution in [1.82, 2.24) is 14.7 Å². The van der Waals surface area contributed by atoms with Crippen LogP contribution in [0.3, 0.4) is 0 Å². The fourth-order valence-corrected chi connectivity index (χ4v) is 3.05. The van der Waals surface area contributed by atoms with Crippen molar-refractivity contribution in [1.29, 1.82) is 0 Å². The molecule has 19 heavy (non-hydrogen) atoms. The molecule has 1 aromatic carbocycles. The number of hydrogen-bond donors (Lipinski definition) is 1. The summed E-state index contributed by atoms with van der Waals surface area (Å²) in [6.45, 7) is 5.29. The number of nitrogens with zero attached hydrogens (tertiary/aromatic N) is 3. The normalized spacial score (nSPS) is 22.2. The number of aryl methyl sites for hydroxylation is 1. The molecular formula is C15H22N4. The Morgan fingerprint density at radius 3 is 2.95 bits per heavy atom. The van der Waals surface area contributed by atoms with Crippen LogP contribution in [0.5, 0.6) is 0 Å². The first-order valence-electron chi connectivity index (χ1n) is 7.03.